The summed E-state index contributed by atoms with van der Waals surface area (Å²) in [6, 6.07) is 10.3. The maximum Gasteiger partial charge on any atom is 0.141 e. The zero-order chi connectivity index (χ0) is 32.8. The van der Waals surface area contributed by atoms with E-state index in [-0.39, 0.29) is 17.1 Å². The van der Waals surface area contributed by atoms with Crippen molar-refractivity contribution in [2.24, 2.45) is 0 Å². The summed E-state index contributed by atoms with van der Waals surface area (Å²) in [5, 5.41) is 23.5. The number of allylic oxidation sites excluding steroid dienone is 3. The Hall–Kier alpha value is -4.23. The number of nitrogens with zero attached hydrogens (tertiary/aromatic N) is 7. The number of hydrogen-bond acceptors (Lipinski definition) is 7. The molecule has 11 heteroatoms. The van der Waals surface area contributed by atoms with Crippen LogP contribution < -0.4 is 10.2 Å². The first kappa shape index (κ1) is 33.1. The van der Waals surface area contributed by atoms with Crippen LogP contribution in [0.3, 0.4) is 0 Å². The molecule has 1 atom stereocenters. The van der Waals surface area contributed by atoms with Crippen molar-refractivity contribution in [1.82, 2.24) is 24.9 Å². The highest BCUT2D eigenvalue weighted by Gasteiger charge is 2.28. The number of nitrogens with one attached hydrogen (secondary N) is 1. The predicted octanol–water partition coefficient (Wildman–Crippen LogP) is 8.80. The van der Waals surface area contributed by atoms with Crippen molar-refractivity contribution < 1.29 is 4.39 Å². The SMILES string of the molecule is C=C(/C=C\C=C/C)[C@@H](c1cn(C2CCN(CC)CC2)nn1)N(CC)c1cc(Cl)c2ncc(C#N)c(Nc3ccc(F)c(Cl)c3)c2c1. The van der Waals surface area contributed by atoms with E-state index in [0.29, 0.717) is 39.4 Å². The van der Waals surface area contributed by atoms with E-state index in [9.17, 15) is 9.65 Å². The second-order valence-electron chi connectivity index (χ2n) is 11.2. The lowest BCUT2D eigenvalue weighted by atomic mass is 10.0. The van der Waals surface area contributed by atoms with Crippen LogP contribution in [0.15, 0.2) is 79.2 Å². The Morgan fingerprint density at radius 2 is 1.98 bits per heavy atom. The Bertz CT molecular complexity index is 1820. The largest absolute Gasteiger partial charge is 0.359 e. The number of fused-ring (bicyclic) bond motifs is 1. The zero-order valence-electron chi connectivity index (χ0n) is 26.2. The Kier molecular flexibility index (Phi) is 10.7. The molecule has 3 heterocycles. The number of halogens is 3. The van der Waals surface area contributed by atoms with Gasteiger partial charge in [0.1, 0.15) is 17.6 Å². The molecular formula is C35H37Cl2FN8. The van der Waals surface area contributed by atoms with Crippen LogP contribution in [0.1, 0.15) is 57.0 Å². The summed E-state index contributed by atoms with van der Waals surface area (Å²) in [6.07, 6.45) is 13.4. The number of anilines is 3. The van der Waals surface area contributed by atoms with Crippen LogP contribution >= 0.6 is 23.2 Å². The fourth-order valence-electron chi connectivity index (χ4n) is 5.89. The molecule has 1 N–H and O–H groups in total. The first-order chi connectivity index (χ1) is 22.3. The minimum Gasteiger partial charge on any atom is -0.359 e. The second kappa shape index (κ2) is 14.9. The highest BCUT2D eigenvalue weighted by atomic mass is 35.5. The first-order valence-corrected chi connectivity index (χ1v) is 16.2. The first-order valence-electron chi connectivity index (χ1n) is 15.4. The number of rotatable bonds is 11. The third-order valence-corrected chi connectivity index (χ3v) is 8.93. The molecule has 0 amide bonds. The Balaban J connectivity index is 1.59. The van der Waals surface area contributed by atoms with Crippen molar-refractivity contribution in [3.8, 4) is 6.07 Å². The van der Waals surface area contributed by atoms with Crippen molar-refractivity contribution in [3.05, 3.63) is 106 Å². The molecule has 5 rings (SSSR count). The van der Waals surface area contributed by atoms with Crippen molar-refractivity contribution in [2.45, 2.75) is 45.7 Å². The van der Waals surface area contributed by atoms with Gasteiger partial charge in [0.15, 0.2) is 0 Å². The quantitative estimate of drug-likeness (QED) is 0.161. The number of hydrogen-bond donors (Lipinski definition) is 1. The van der Waals surface area contributed by atoms with E-state index in [0.717, 1.165) is 49.4 Å². The zero-order valence-corrected chi connectivity index (χ0v) is 27.7. The van der Waals surface area contributed by atoms with Gasteiger partial charge in [-0.3, -0.25) is 4.98 Å². The van der Waals surface area contributed by atoms with Gasteiger partial charge >= 0.3 is 0 Å². The van der Waals surface area contributed by atoms with Gasteiger partial charge in [-0.15, -0.1) is 5.10 Å². The number of aromatic nitrogens is 4. The molecule has 0 aliphatic carbocycles. The van der Waals surface area contributed by atoms with Crippen molar-refractivity contribution in [2.75, 3.05) is 36.4 Å². The van der Waals surface area contributed by atoms with Crippen LogP contribution in [-0.2, 0) is 0 Å². The van der Waals surface area contributed by atoms with Crippen molar-refractivity contribution in [1.29, 1.82) is 5.26 Å². The molecule has 238 valence electrons. The molecule has 0 bridgehead atoms. The highest BCUT2D eigenvalue weighted by molar-refractivity contribution is 6.36. The third-order valence-electron chi connectivity index (χ3n) is 8.35. The molecule has 1 saturated heterocycles. The number of likely N-dealkylation sites (N-methyl/N-ethyl adjacent to an activating group) is 1. The molecule has 0 unspecified atom stereocenters. The average molecular weight is 660 g/mol. The topological polar surface area (TPSA) is 85.9 Å². The van der Waals surface area contributed by atoms with Crippen LogP contribution in [0.4, 0.5) is 21.5 Å². The van der Waals surface area contributed by atoms with E-state index >= 15 is 0 Å². The average Bonchev–Trinajstić information content (AvgIpc) is 3.55. The molecular weight excluding hydrogens is 622 g/mol. The molecule has 2 aromatic heterocycles. The van der Waals surface area contributed by atoms with Crippen LogP contribution in [0.5, 0.6) is 0 Å². The molecule has 1 aliphatic rings. The van der Waals surface area contributed by atoms with E-state index < -0.39 is 5.82 Å². The maximum atomic E-state index is 13.9. The smallest absolute Gasteiger partial charge is 0.141 e. The van der Waals surface area contributed by atoms with Crippen LogP contribution in [0.2, 0.25) is 10.0 Å². The fourth-order valence-corrected chi connectivity index (χ4v) is 6.33. The monoisotopic (exact) mass is 658 g/mol. The highest BCUT2D eigenvalue weighted by Crippen LogP contribution is 2.40. The maximum absolute atomic E-state index is 13.9. The van der Waals surface area contributed by atoms with Crippen molar-refractivity contribution in [3.63, 3.8) is 0 Å². The summed E-state index contributed by atoms with van der Waals surface area (Å²) in [6.45, 7) is 14.4. The molecule has 1 fully saturated rings. The van der Waals surface area contributed by atoms with Gasteiger partial charge in [0.05, 0.1) is 45.1 Å². The van der Waals surface area contributed by atoms with E-state index in [1.54, 1.807) is 6.07 Å². The normalized spacial score (nSPS) is 15.1. The second-order valence-corrected chi connectivity index (χ2v) is 12.0. The summed E-state index contributed by atoms with van der Waals surface area (Å²) < 4.78 is 15.9. The summed E-state index contributed by atoms with van der Waals surface area (Å²) in [5.41, 5.74) is 4.21. The predicted molar refractivity (Wildman–Crippen MR) is 185 cm³/mol. The molecule has 0 spiro atoms. The van der Waals surface area contributed by atoms with Gasteiger partial charge in [-0.05, 0) is 69.1 Å². The Morgan fingerprint density at radius 3 is 2.65 bits per heavy atom. The van der Waals surface area contributed by atoms with Gasteiger partial charge in [-0.2, -0.15) is 5.26 Å². The number of nitriles is 1. The van der Waals surface area contributed by atoms with E-state index in [1.165, 1.54) is 18.3 Å². The molecule has 46 heavy (non-hydrogen) atoms. The lowest BCUT2D eigenvalue weighted by Gasteiger charge is -2.33. The Morgan fingerprint density at radius 1 is 1.20 bits per heavy atom. The summed E-state index contributed by atoms with van der Waals surface area (Å²) in [5.74, 6) is -0.533. The molecule has 1 aliphatic heterocycles. The molecule has 4 aromatic rings. The van der Waals surface area contributed by atoms with Crippen LogP contribution in [0, 0.1) is 17.1 Å². The number of pyridine rings is 1. The molecule has 8 nitrogen and oxygen atoms in total. The molecule has 0 radical (unpaired) electrons. The number of piperidine rings is 1. The summed E-state index contributed by atoms with van der Waals surface area (Å²) in [7, 11) is 0. The lowest BCUT2D eigenvalue weighted by Crippen LogP contribution is -2.34. The lowest BCUT2D eigenvalue weighted by molar-refractivity contribution is 0.186. The van der Waals surface area contributed by atoms with Crippen molar-refractivity contribution >= 4 is 51.2 Å². The van der Waals surface area contributed by atoms with Crippen LogP contribution in [0.25, 0.3) is 10.9 Å². The summed E-state index contributed by atoms with van der Waals surface area (Å²) >= 11 is 13.0. The standard InChI is InChI=1S/C35H37Cl2FN8/c1-5-8-9-10-23(4)35(32-22-46(43-42-32)26-13-15-44(6-2)16-14-26)45(7-3)27-18-28-33(41-25-11-12-31(38)29(36)17-25)24(20-39)21-40-34(28)30(37)19-27/h5,8-12,17-19,21-22,26,35H,4,6-7,13-16H2,1-3H3,(H,40,41)/b8-5-,10-9-/t35-/m0/s1. The summed E-state index contributed by atoms with van der Waals surface area (Å²) in [4.78, 5) is 9.12. The van der Waals surface area contributed by atoms with Crippen LogP contribution in [-0.4, -0.2) is 51.1 Å². The van der Waals surface area contributed by atoms with E-state index in [1.807, 2.05) is 54.2 Å². The molecule has 2 aromatic carbocycles. The van der Waals surface area contributed by atoms with E-state index in [4.69, 9.17) is 23.2 Å². The third kappa shape index (κ3) is 7.10. The van der Waals surface area contributed by atoms with Gasteiger partial charge in [-0.1, -0.05) is 66.2 Å². The number of likely N-dealkylation sites (tertiary alicyclic amines) is 1. The Labute approximate surface area is 279 Å². The van der Waals surface area contributed by atoms with Gasteiger partial charge in [0.2, 0.25) is 0 Å². The minimum atomic E-state index is -0.533. The van der Waals surface area contributed by atoms with Gasteiger partial charge in [0.25, 0.3) is 0 Å². The van der Waals surface area contributed by atoms with Gasteiger partial charge < -0.3 is 15.1 Å². The number of benzene rings is 2. The molecule has 0 saturated carbocycles. The van der Waals surface area contributed by atoms with Gasteiger partial charge in [-0.25, -0.2) is 9.07 Å². The van der Waals surface area contributed by atoms with E-state index in [2.05, 4.69) is 56.9 Å². The van der Waals surface area contributed by atoms with Gasteiger partial charge in [0, 0.05) is 42.6 Å². The minimum absolute atomic E-state index is 0.0333. The fraction of sp³-hybridized carbons (Fsp3) is 0.314.